The van der Waals surface area contributed by atoms with E-state index in [2.05, 4.69) is 39.4 Å². The van der Waals surface area contributed by atoms with Crippen LogP contribution in [-0.2, 0) is 6.54 Å². The number of anilines is 2. The smallest absolute Gasteiger partial charge is 0.329 e. The van der Waals surface area contributed by atoms with Gasteiger partial charge in [0.05, 0.1) is 4.92 Å². The molecule has 4 rings (SSSR count). The molecule has 2 heterocycles. The number of aliphatic hydroxyl groups is 1. The quantitative estimate of drug-likeness (QED) is 0.299. The molecule has 0 spiro atoms. The van der Waals surface area contributed by atoms with Crippen LogP contribution in [0.15, 0.2) is 42.9 Å². The molecule has 3 aromatic rings. The lowest BCUT2D eigenvalue weighted by molar-refractivity contribution is -0.384. The van der Waals surface area contributed by atoms with E-state index in [1.165, 1.54) is 6.20 Å². The molecule has 1 fully saturated rings. The Morgan fingerprint density at radius 3 is 2.63 bits per heavy atom. The van der Waals surface area contributed by atoms with Crippen molar-refractivity contribution in [2.24, 2.45) is 11.8 Å². The molecule has 1 aromatic carbocycles. The van der Waals surface area contributed by atoms with Crippen molar-refractivity contribution in [3.05, 3.63) is 76.6 Å². The molecule has 2 aromatic heterocycles. The molecule has 0 unspecified atom stereocenters. The number of hydrogen-bond donors (Lipinski definition) is 3. The first-order valence-electron chi connectivity index (χ1n) is 11.9. The predicted molar refractivity (Wildman–Crippen MR) is 136 cm³/mol. The second-order valence-electron chi connectivity index (χ2n) is 9.16. The van der Waals surface area contributed by atoms with E-state index in [-0.39, 0.29) is 18.1 Å². The zero-order valence-corrected chi connectivity index (χ0v) is 19.9. The summed E-state index contributed by atoms with van der Waals surface area (Å²) in [5.74, 6) is 1.32. The van der Waals surface area contributed by atoms with Gasteiger partial charge in [-0.05, 0) is 79.7 Å². The van der Waals surface area contributed by atoms with Crippen LogP contribution in [0.1, 0.15) is 42.4 Å². The number of aromatic nitrogens is 3. The van der Waals surface area contributed by atoms with Gasteiger partial charge in [-0.2, -0.15) is 4.98 Å². The number of nitro groups is 1. The van der Waals surface area contributed by atoms with Gasteiger partial charge in [-0.25, -0.2) is 4.98 Å². The molecule has 183 valence electrons. The lowest BCUT2D eigenvalue weighted by Gasteiger charge is -2.27. The Morgan fingerprint density at radius 2 is 1.91 bits per heavy atom. The lowest BCUT2D eigenvalue weighted by atomic mass is 9.82. The van der Waals surface area contributed by atoms with Gasteiger partial charge in [0, 0.05) is 37.7 Å². The molecular formula is C26H31N6O3. The average Bonchev–Trinajstić information content (AvgIpc) is 2.87. The van der Waals surface area contributed by atoms with Crippen LogP contribution >= 0.6 is 0 Å². The minimum absolute atomic E-state index is 0.140. The van der Waals surface area contributed by atoms with Crippen LogP contribution in [0.25, 0.3) is 11.1 Å². The number of aliphatic hydroxyl groups excluding tert-OH is 1. The highest BCUT2D eigenvalue weighted by Gasteiger charge is 2.23. The van der Waals surface area contributed by atoms with E-state index in [1.54, 1.807) is 6.20 Å². The lowest BCUT2D eigenvalue weighted by Crippen LogP contribution is -2.23. The van der Waals surface area contributed by atoms with Gasteiger partial charge in [0.1, 0.15) is 6.20 Å². The molecular weight excluding hydrogens is 444 g/mol. The molecule has 0 bridgehead atoms. The van der Waals surface area contributed by atoms with E-state index in [9.17, 15) is 15.2 Å². The second-order valence-corrected chi connectivity index (χ2v) is 9.16. The van der Waals surface area contributed by atoms with Crippen molar-refractivity contribution in [3.63, 3.8) is 0 Å². The normalized spacial score (nSPS) is 17.7. The molecule has 0 atom stereocenters. The van der Waals surface area contributed by atoms with Gasteiger partial charge in [0.2, 0.25) is 11.8 Å². The molecule has 1 aliphatic rings. The first kappa shape index (κ1) is 24.5. The summed E-state index contributed by atoms with van der Waals surface area (Å²) in [4.78, 5) is 23.9. The van der Waals surface area contributed by atoms with Crippen molar-refractivity contribution in [2.75, 3.05) is 23.8 Å². The van der Waals surface area contributed by atoms with E-state index in [0.29, 0.717) is 30.9 Å². The summed E-state index contributed by atoms with van der Waals surface area (Å²) in [6.07, 6.45) is 8.73. The maximum atomic E-state index is 11.5. The zero-order chi connectivity index (χ0) is 24.8. The molecule has 3 N–H and O–H groups in total. The highest BCUT2D eigenvalue weighted by molar-refractivity contribution is 5.68. The third-order valence-corrected chi connectivity index (χ3v) is 6.74. The SMILES string of the molecule is [CH2]c1cncc(-c2cccc(CNc3ncc([N+](=O)[O-])c(NCC4CCC(CO)CC4)n3)c2C)c1. The van der Waals surface area contributed by atoms with Crippen LogP contribution in [-0.4, -0.2) is 38.1 Å². The fourth-order valence-electron chi connectivity index (χ4n) is 4.58. The van der Waals surface area contributed by atoms with Crippen molar-refractivity contribution >= 4 is 17.5 Å². The van der Waals surface area contributed by atoms with Gasteiger partial charge in [-0.1, -0.05) is 18.2 Å². The van der Waals surface area contributed by atoms with Crippen LogP contribution in [0.2, 0.25) is 0 Å². The Hall–Kier alpha value is -3.59. The van der Waals surface area contributed by atoms with Crippen LogP contribution in [0.3, 0.4) is 0 Å². The highest BCUT2D eigenvalue weighted by atomic mass is 16.6. The van der Waals surface area contributed by atoms with Gasteiger partial charge in [0.25, 0.3) is 0 Å². The number of nitrogens with zero attached hydrogens (tertiary/aromatic N) is 4. The largest absolute Gasteiger partial charge is 0.396 e. The number of nitrogens with one attached hydrogen (secondary N) is 2. The Balaban J connectivity index is 1.45. The van der Waals surface area contributed by atoms with Gasteiger partial charge < -0.3 is 15.7 Å². The van der Waals surface area contributed by atoms with Crippen LogP contribution < -0.4 is 10.6 Å². The van der Waals surface area contributed by atoms with Crippen LogP contribution in [0.5, 0.6) is 0 Å². The predicted octanol–water partition coefficient (Wildman–Crippen LogP) is 4.76. The summed E-state index contributed by atoms with van der Waals surface area (Å²) in [6.45, 7) is 7.32. The average molecular weight is 476 g/mol. The maximum Gasteiger partial charge on any atom is 0.329 e. The summed E-state index contributed by atoms with van der Waals surface area (Å²) >= 11 is 0. The summed E-state index contributed by atoms with van der Waals surface area (Å²) in [6, 6.07) is 8.07. The second kappa shape index (κ2) is 11.2. The topological polar surface area (TPSA) is 126 Å². The van der Waals surface area contributed by atoms with Crippen molar-refractivity contribution < 1.29 is 10.0 Å². The van der Waals surface area contributed by atoms with E-state index < -0.39 is 4.92 Å². The fourth-order valence-corrected chi connectivity index (χ4v) is 4.58. The van der Waals surface area contributed by atoms with Gasteiger partial charge in [-0.15, -0.1) is 0 Å². The summed E-state index contributed by atoms with van der Waals surface area (Å²) in [5, 5.41) is 27.2. The fraction of sp³-hybridized carbons (Fsp3) is 0.385. The molecule has 9 heteroatoms. The molecule has 0 amide bonds. The standard InChI is InChI=1S/C26H31N6O3/c1-17-10-22(13-27-11-17)23-5-3-4-21(18(23)2)14-29-26-30-15-24(32(34)35)25(31-26)28-12-19-6-8-20(16-33)9-7-19/h3-5,10-11,13,15,19-20,33H,1,6-9,12,14,16H2,2H3,(H2,28,29,30,31). The first-order chi connectivity index (χ1) is 16.9. The molecule has 9 nitrogen and oxygen atoms in total. The zero-order valence-electron chi connectivity index (χ0n) is 19.9. The van der Waals surface area contributed by atoms with Gasteiger partial charge >= 0.3 is 5.69 Å². The minimum Gasteiger partial charge on any atom is -0.396 e. The third kappa shape index (κ3) is 6.10. The van der Waals surface area contributed by atoms with E-state index in [0.717, 1.165) is 53.5 Å². The van der Waals surface area contributed by atoms with E-state index >= 15 is 0 Å². The van der Waals surface area contributed by atoms with Crippen molar-refractivity contribution in [3.8, 4) is 11.1 Å². The monoisotopic (exact) mass is 475 g/mol. The van der Waals surface area contributed by atoms with E-state index in [4.69, 9.17) is 0 Å². The van der Waals surface area contributed by atoms with Gasteiger partial charge in [0.15, 0.2) is 0 Å². The van der Waals surface area contributed by atoms with Crippen molar-refractivity contribution in [2.45, 2.75) is 39.2 Å². The first-order valence-corrected chi connectivity index (χ1v) is 11.9. The number of benzene rings is 1. The third-order valence-electron chi connectivity index (χ3n) is 6.74. The number of pyridine rings is 1. The molecule has 0 aliphatic heterocycles. The highest BCUT2D eigenvalue weighted by Crippen LogP contribution is 2.30. The van der Waals surface area contributed by atoms with E-state index in [1.807, 2.05) is 30.5 Å². The van der Waals surface area contributed by atoms with Gasteiger partial charge in [-0.3, -0.25) is 15.1 Å². The van der Waals surface area contributed by atoms with Crippen molar-refractivity contribution in [1.82, 2.24) is 15.0 Å². The minimum atomic E-state index is -0.465. The summed E-state index contributed by atoms with van der Waals surface area (Å²) in [5.41, 5.74) is 4.96. The number of hydrogen-bond acceptors (Lipinski definition) is 8. The summed E-state index contributed by atoms with van der Waals surface area (Å²) < 4.78 is 0. The Morgan fingerprint density at radius 1 is 1.14 bits per heavy atom. The summed E-state index contributed by atoms with van der Waals surface area (Å²) in [7, 11) is 0. The molecule has 1 radical (unpaired) electrons. The Kier molecular flexibility index (Phi) is 7.87. The Bertz CT molecular complexity index is 1180. The molecule has 1 aliphatic carbocycles. The van der Waals surface area contributed by atoms with Crippen LogP contribution in [0, 0.1) is 35.8 Å². The maximum absolute atomic E-state index is 11.5. The van der Waals surface area contributed by atoms with Crippen molar-refractivity contribution in [1.29, 1.82) is 0 Å². The molecule has 1 saturated carbocycles. The molecule has 35 heavy (non-hydrogen) atoms. The Labute approximate surface area is 205 Å². The molecule has 0 saturated heterocycles. The van der Waals surface area contributed by atoms with Crippen LogP contribution in [0.4, 0.5) is 17.5 Å². The number of rotatable bonds is 9.